The minimum absolute atomic E-state index is 0.0974. The molecule has 152 valence electrons. The first-order valence-electron chi connectivity index (χ1n) is 9.73. The van der Waals surface area contributed by atoms with Gasteiger partial charge in [-0.05, 0) is 42.0 Å². The highest BCUT2D eigenvalue weighted by Crippen LogP contribution is 2.19. The molecular formula is C24H22N2O4. The molecule has 0 radical (unpaired) electrons. The van der Waals surface area contributed by atoms with Gasteiger partial charge in [-0.1, -0.05) is 42.5 Å². The number of rotatable bonds is 7. The molecule has 0 saturated carbocycles. The molecular weight excluding hydrogens is 380 g/mol. The number of hydrogen-bond acceptors (Lipinski definition) is 4. The molecule has 0 spiro atoms. The molecule has 6 nitrogen and oxygen atoms in total. The van der Waals surface area contributed by atoms with Gasteiger partial charge in [0.2, 0.25) is 0 Å². The SMILES string of the molecule is Cn1c(=O)n(CCC(=O)Oc2ccc(OCc3ccccc3)cc2)c2ccccc21. The molecule has 6 heteroatoms. The van der Waals surface area contributed by atoms with Gasteiger partial charge in [-0.2, -0.15) is 0 Å². The summed E-state index contributed by atoms with van der Waals surface area (Å²) >= 11 is 0. The number of fused-ring (bicyclic) bond motifs is 1. The van der Waals surface area contributed by atoms with Crippen molar-refractivity contribution < 1.29 is 14.3 Å². The summed E-state index contributed by atoms with van der Waals surface area (Å²) in [5.41, 5.74) is 2.57. The molecule has 30 heavy (non-hydrogen) atoms. The predicted molar refractivity (Wildman–Crippen MR) is 115 cm³/mol. The van der Waals surface area contributed by atoms with Gasteiger partial charge in [0.15, 0.2) is 0 Å². The highest BCUT2D eigenvalue weighted by molar-refractivity contribution is 5.76. The van der Waals surface area contributed by atoms with Crippen LogP contribution in [0.5, 0.6) is 11.5 Å². The third kappa shape index (κ3) is 4.27. The Hall–Kier alpha value is -3.80. The molecule has 3 aromatic carbocycles. The number of aryl methyl sites for hydroxylation is 2. The van der Waals surface area contributed by atoms with Crippen LogP contribution in [-0.2, 0) is 25.0 Å². The highest BCUT2D eigenvalue weighted by Gasteiger charge is 2.12. The van der Waals surface area contributed by atoms with E-state index in [1.807, 2.05) is 54.6 Å². The van der Waals surface area contributed by atoms with E-state index < -0.39 is 5.97 Å². The van der Waals surface area contributed by atoms with Crippen molar-refractivity contribution in [1.29, 1.82) is 0 Å². The smallest absolute Gasteiger partial charge is 0.328 e. The maximum atomic E-state index is 12.4. The number of ether oxygens (including phenoxy) is 2. The molecule has 0 atom stereocenters. The summed E-state index contributed by atoms with van der Waals surface area (Å²) < 4.78 is 14.3. The van der Waals surface area contributed by atoms with E-state index >= 15 is 0 Å². The second-order valence-corrected chi connectivity index (χ2v) is 6.95. The monoisotopic (exact) mass is 402 g/mol. The van der Waals surface area contributed by atoms with E-state index in [1.165, 1.54) is 0 Å². The van der Waals surface area contributed by atoms with Crippen molar-refractivity contribution in [3.05, 3.63) is 94.9 Å². The van der Waals surface area contributed by atoms with Crippen LogP contribution in [0, 0.1) is 0 Å². The third-order valence-electron chi connectivity index (χ3n) is 4.89. The Labute approximate surface area is 173 Å². The molecule has 0 aliphatic rings. The van der Waals surface area contributed by atoms with E-state index in [1.54, 1.807) is 40.4 Å². The fraction of sp³-hybridized carbons (Fsp3) is 0.167. The van der Waals surface area contributed by atoms with Crippen LogP contribution in [0.15, 0.2) is 83.7 Å². The molecule has 0 saturated heterocycles. The molecule has 4 aromatic rings. The Morgan fingerprint density at radius 3 is 2.20 bits per heavy atom. The van der Waals surface area contributed by atoms with Gasteiger partial charge in [0.1, 0.15) is 18.1 Å². The lowest BCUT2D eigenvalue weighted by Crippen LogP contribution is -2.24. The van der Waals surface area contributed by atoms with Crippen molar-refractivity contribution in [3.63, 3.8) is 0 Å². The maximum absolute atomic E-state index is 12.4. The number of para-hydroxylation sites is 2. The molecule has 1 heterocycles. The third-order valence-corrected chi connectivity index (χ3v) is 4.89. The molecule has 0 bridgehead atoms. The summed E-state index contributed by atoms with van der Waals surface area (Å²) in [6.45, 7) is 0.733. The van der Waals surface area contributed by atoms with E-state index in [4.69, 9.17) is 9.47 Å². The van der Waals surface area contributed by atoms with Crippen LogP contribution in [0.1, 0.15) is 12.0 Å². The van der Waals surface area contributed by atoms with Gasteiger partial charge in [0, 0.05) is 13.6 Å². The van der Waals surface area contributed by atoms with Crippen LogP contribution in [0.25, 0.3) is 11.0 Å². The first kappa shape index (κ1) is 19.5. The van der Waals surface area contributed by atoms with Gasteiger partial charge >= 0.3 is 11.7 Å². The molecule has 0 aliphatic heterocycles. The minimum Gasteiger partial charge on any atom is -0.489 e. The van der Waals surface area contributed by atoms with Crippen LogP contribution in [0.2, 0.25) is 0 Å². The van der Waals surface area contributed by atoms with E-state index in [0.29, 0.717) is 18.1 Å². The second kappa shape index (κ2) is 8.69. The van der Waals surface area contributed by atoms with E-state index in [9.17, 15) is 9.59 Å². The minimum atomic E-state index is -0.396. The van der Waals surface area contributed by atoms with Crippen LogP contribution in [-0.4, -0.2) is 15.1 Å². The zero-order valence-corrected chi connectivity index (χ0v) is 16.7. The fourth-order valence-electron chi connectivity index (χ4n) is 3.31. The van der Waals surface area contributed by atoms with Crippen LogP contribution in [0.4, 0.5) is 0 Å². The molecule has 0 fully saturated rings. The number of esters is 1. The quantitative estimate of drug-likeness (QED) is 0.347. The van der Waals surface area contributed by atoms with Gasteiger partial charge in [-0.3, -0.25) is 13.9 Å². The van der Waals surface area contributed by atoms with Gasteiger partial charge in [0.25, 0.3) is 0 Å². The number of nitrogens with zero attached hydrogens (tertiary/aromatic N) is 2. The number of imidazole rings is 1. The number of carbonyl (C=O) groups is 1. The molecule has 4 rings (SSSR count). The Balaban J connectivity index is 1.33. The van der Waals surface area contributed by atoms with Gasteiger partial charge in [0.05, 0.1) is 17.5 Å². The second-order valence-electron chi connectivity index (χ2n) is 6.95. The van der Waals surface area contributed by atoms with Crippen LogP contribution in [0.3, 0.4) is 0 Å². The Morgan fingerprint density at radius 2 is 1.47 bits per heavy atom. The number of benzene rings is 3. The molecule has 0 unspecified atom stereocenters. The van der Waals surface area contributed by atoms with Gasteiger partial charge in [-0.15, -0.1) is 0 Å². The number of aromatic nitrogens is 2. The Morgan fingerprint density at radius 1 is 0.833 bits per heavy atom. The first-order valence-corrected chi connectivity index (χ1v) is 9.73. The largest absolute Gasteiger partial charge is 0.489 e. The molecule has 0 aliphatic carbocycles. The molecule has 1 aromatic heterocycles. The highest BCUT2D eigenvalue weighted by atomic mass is 16.5. The van der Waals surface area contributed by atoms with E-state index in [0.717, 1.165) is 16.6 Å². The zero-order valence-electron chi connectivity index (χ0n) is 16.7. The zero-order chi connectivity index (χ0) is 20.9. The Bertz CT molecular complexity index is 1210. The molecule has 0 amide bonds. The summed E-state index contributed by atoms with van der Waals surface area (Å²) in [6.07, 6.45) is 0.0974. The van der Waals surface area contributed by atoms with Gasteiger partial charge < -0.3 is 9.47 Å². The van der Waals surface area contributed by atoms with Crippen molar-refractivity contribution in [2.75, 3.05) is 0 Å². The Kier molecular flexibility index (Phi) is 5.66. The normalized spacial score (nSPS) is 10.8. The van der Waals surface area contributed by atoms with E-state index in [-0.39, 0.29) is 18.7 Å². The fourth-order valence-corrected chi connectivity index (χ4v) is 3.31. The van der Waals surface area contributed by atoms with Crippen molar-refractivity contribution in [3.8, 4) is 11.5 Å². The average molecular weight is 402 g/mol. The summed E-state index contributed by atoms with van der Waals surface area (Å²) in [5, 5.41) is 0. The van der Waals surface area contributed by atoms with Crippen molar-refractivity contribution in [2.45, 2.75) is 19.6 Å². The summed E-state index contributed by atoms with van der Waals surface area (Å²) in [5.74, 6) is 0.742. The van der Waals surface area contributed by atoms with Gasteiger partial charge in [-0.25, -0.2) is 4.79 Å². The first-order chi connectivity index (χ1) is 14.6. The standard InChI is InChI=1S/C24H22N2O4/c1-25-21-9-5-6-10-22(21)26(24(25)28)16-15-23(27)30-20-13-11-19(12-14-20)29-17-18-7-3-2-4-8-18/h2-14H,15-17H2,1H3. The predicted octanol–water partition coefficient (Wildman–Crippen LogP) is 3.91. The lowest BCUT2D eigenvalue weighted by molar-refractivity contribution is -0.134. The maximum Gasteiger partial charge on any atom is 0.328 e. The molecule has 0 N–H and O–H groups in total. The summed E-state index contributed by atoms with van der Waals surface area (Å²) in [6, 6.07) is 24.3. The van der Waals surface area contributed by atoms with Crippen molar-refractivity contribution in [2.24, 2.45) is 7.05 Å². The average Bonchev–Trinajstić information content (AvgIpc) is 3.02. The van der Waals surface area contributed by atoms with Crippen LogP contribution >= 0.6 is 0 Å². The lowest BCUT2D eigenvalue weighted by atomic mass is 10.2. The number of hydrogen-bond donors (Lipinski definition) is 0. The number of carbonyl (C=O) groups excluding carboxylic acids is 1. The van der Waals surface area contributed by atoms with Crippen molar-refractivity contribution >= 4 is 17.0 Å². The summed E-state index contributed by atoms with van der Waals surface area (Å²) in [7, 11) is 1.72. The summed E-state index contributed by atoms with van der Waals surface area (Å²) in [4.78, 5) is 24.7. The van der Waals surface area contributed by atoms with E-state index in [2.05, 4.69) is 0 Å². The lowest BCUT2D eigenvalue weighted by Gasteiger charge is -2.08. The van der Waals surface area contributed by atoms with Crippen molar-refractivity contribution in [1.82, 2.24) is 9.13 Å². The topological polar surface area (TPSA) is 62.5 Å². The van der Waals surface area contributed by atoms with Crippen LogP contribution < -0.4 is 15.2 Å².